The van der Waals surface area contributed by atoms with Crippen LogP contribution in [0.4, 0.5) is 5.69 Å². The van der Waals surface area contributed by atoms with E-state index in [1.807, 2.05) is 18.2 Å². The lowest BCUT2D eigenvalue weighted by Crippen LogP contribution is -1.91. The molecular formula is C6H4BrNO2. The first kappa shape index (κ1) is 6.00. The molecule has 0 saturated carbocycles. The van der Waals surface area contributed by atoms with Gasteiger partial charge in [-0.25, -0.2) is 5.48 Å². The average Bonchev–Trinajstić information content (AvgIpc) is 2.33. The third-order valence-corrected chi connectivity index (χ3v) is 1.72. The van der Waals surface area contributed by atoms with Crippen LogP contribution in [0.3, 0.4) is 0 Å². The Balaban J connectivity index is 2.52. The summed E-state index contributed by atoms with van der Waals surface area (Å²) < 4.78 is 0.993. The van der Waals surface area contributed by atoms with Crippen molar-refractivity contribution >= 4 is 21.6 Å². The number of nitrogens with one attached hydrogen (secondary N) is 1. The van der Waals surface area contributed by atoms with Gasteiger partial charge in [-0.3, -0.25) is 0 Å². The van der Waals surface area contributed by atoms with Crippen LogP contribution < -0.4 is 10.4 Å². The molecule has 1 aromatic rings. The normalized spacial score (nSPS) is 13.7. The molecule has 1 aromatic carbocycles. The lowest BCUT2D eigenvalue weighted by Gasteiger charge is -1.91. The molecule has 0 aromatic heterocycles. The molecule has 1 aliphatic heterocycles. The van der Waals surface area contributed by atoms with Gasteiger partial charge in [-0.05, 0) is 18.2 Å². The zero-order valence-electron chi connectivity index (χ0n) is 4.93. The van der Waals surface area contributed by atoms with Gasteiger partial charge in [0.2, 0.25) is 0 Å². The van der Waals surface area contributed by atoms with E-state index >= 15 is 0 Å². The summed E-state index contributed by atoms with van der Waals surface area (Å²) >= 11 is 3.31. The Bertz CT molecular complexity index is 264. The van der Waals surface area contributed by atoms with Crippen LogP contribution in [0, 0.1) is 0 Å². The van der Waals surface area contributed by atoms with Gasteiger partial charge in [-0.1, -0.05) is 20.9 Å². The minimum atomic E-state index is 0.711. The summed E-state index contributed by atoms with van der Waals surface area (Å²) in [4.78, 5) is 9.22. The first-order chi connectivity index (χ1) is 4.86. The molecular weight excluding hydrogens is 198 g/mol. The van der Waals surface area contributed by atoms with Crippen LogP contribution in [0.1, 0.15) is 0 Å². The summed E-state index contributed by atoms with van der Waals surface area (Å²) in [7, 11) is 0. The second-order valence-electron chi connectivity index (χ2n) is 1.91. The quantitative estimate of drug-likeness (QED) is 0.653. The minimum Gasteiger partial charge on any atom is -0.312 e. The number of fused-ring (bicyclic) bond motifs is 1. The van der Waals surface area contributed by atoms with Gasteiger partial charge in [0.15, 0.2) is 5.75 Å². The first-order valence-electron chi connectivity index (χ1n) is 2.75. The molecule has 3 nitrogen and oxygen atoms in total. The first-order valence-corrected chi connectivity index (χ1v) is 3.54. The lowest BCUT2D eigenvalue weighted by atomic mass is 10.3. The van der Waals surface area contributed by atoms with Crippen molar-refractivity contribution in [3.05, 3.63) is 22.7 Å². The maximum absolute atomic E-state index is 4.72. The van der Waals surface area contributed by atoms with E-state index in [-0.39, 0.29) is 0 Å². The molecule has 1 heterocycles. The molecule has 1 N–H and O–H groups in total. The molecule has 4 heteroatoms. The maximum Gasteiger partial charge on any atom is 0.193 e. The SMILES string of the molecule is Brc1ccc2c(c1)NOO2. The van der Waals surface area contributed by atoms with Crippen molar-refractivity contribution in [1.29, 1.82) is 0 Å². The van der Waals surface area contributed by atoms with Crippen molar-refractivity contribution in [2.45, 2.75) is 0 Å². The second kappa shape index (κ2) is 2.14. The minimum absolute atomic E-state index is 0.711. The highest BCUT2D eigenvalue weighted by Crippen LogP contribution is 2.31. The largest absolute Gasteiger partial charge is 0.312 e. The van der Waals surface area contributed by atoms with Crippen molar-refractivity contribution in [3.8, 4) is 5.75 Å². The van der Waals surface area contributed by atoms with Crippen molar-refractivity contribution in [3.63, 3.8) is 0 Å². The van der Waals surface area contributed by atoms with Crippen LogP contribution in [-0.2, 0) is 4.99 Å². The summed E-state index contributed by atoms with van der Waals surface area (Å²) in [5.41, 5.74) is 3.43. The molecule has 0 unspecified atom stereocenters. The van der Waals surface area contributed by atoms with E-state index in [0.29, 0.717) is 5.75 Å². The Kier molecular flexibility index (Phi) is 1.28. The monoisotopic (exact) mass is 201 g/mol. The van der Waals surface area contributed by atoms with Gasteiger partial charge in [0.05, 0.1) is 0 Å². The van der Waals surface area contributed by atoms with E-state index in [0.717, 1.165) is 10.2 Å². The van der Waals surface area contributed by atoms with Gasteiger partial charge in [0.25, 0.3) is 0 Å². The highest BCUT2D eigenvalue weighted by Gasteiger charge is 2.11. The molecule has 0 bridgehead atoms. The Morgan fingerprint density at radius 3 is 3.20 bits per heavy atom. The molecule has 0 aliphatic carbocycles. The number of anilines is 1. The molecule has 2 rings (SSSR count). The van der Waals surface area contributed by atoms with Crippen LogP contribution in [0.25, 0.3) is 0 Å². The van der Waals surface area contributed by atoms with Crippen molar-refractivity contribution < 1.29 is 9.88 Å². The molecule has 0 amide bonds. The van der Waals surface area contributed by atoms with Crippen LogP contribution in [0.5, 0.6) is 5.75 Å². The predicted molar refractivity (Wildman–Crippen MR) is 39.5 cm³/mol. The summed E-state index contributed by atoms with van der Waals surface area (Å²) in [6.07, 6.45) is 0. The van der Waals surface area contributed by atoms with Crippen molar-refractivity contribution in [1.82, 2.24) is 0 Å². The maximum atomic E-state index is 4.72. The molecule has 0 fully saturated rings. The fourth-order valence-corrected chi connectivity index (χ4v) is 1.13. The molecule has 0 atom stereocenters. The van der Waals surface area contributed by atoms with Gasteiger partial charge in [-0.2, -0.15) is 0 Å². The number of hydrogen-bond donors (Lipinski definition) is 1. The fraction of sp³-hybridized carbons (Fsp3) is 0. The Hall–Kier alpha value is -0.740. The van der Waals surface area contributed by atoms with E-state index in [4.69, 9.17) is 4.89 Å². The molecule has 0 spiro atoms. The summed E-state index contributed by atoms with van der Waals surface area (Å²) in [6.45, 7) is 0. The third kappa shape index (κ3) is 0.853. The molecule has 0 radical (unpaired) electrons. The molecule has 1 aliphatic rings. The molecule has 52 valence electrons. The van der Waals surface area contributed by atoms with Gasteiger partial charge in [0, 0.05) is 4.47 Å². The third-order valence-electron chi connectivity index (χ3n) is 1.22. The fourth-order valence-electron chi connectivity index (χ4n) is 0.765. The highest BCUT2D eigenvalue weighted by atomic mass is 79.9. The van der Waals surface area contributed by atoms with Crippen LogP contribution in [0.15, 0.2) is 22.7 Å². The summed E-state index contributed by atoms with van der Waals surface area (Å²) in [6, 6.07) is 5.58. The van der Waals surface area contributed by atoms with Crippen LogP contribution in [-0.4, -0.2) is 0 Å². The van der Waals surface area contributed by atoms with Crippen molar-refractivity contribution in [2.75, 3.05) is 5.48 Å². The standard InChI is InChI=1S/C6H4BrNO2/c7-4-1-2-6-5(3-4)8-10-9-6/h1-3,8H. The van der Waals surface area contributed by atoms with E-state index in [1.165, 1.54) is 0 Å². The highest BCUT2D eigenvalue weighted by molar-refractivity contribution is 9.10. The van der Waals surface area contributed by atoms with Crippen LogP contribution in [0.2, 0.25) is 0 Å². The molecule has 10 heavy (non-hydrogen) atoms. The lowest BCUT2D eigenvalue weighted by molar-refractivity contribution is -0.160. The predicted octanol–water partition coefficient (Wildman–Crippen LogP) is 2.10. The van der Waals surface area contributed by atoms with Gasteiger partial charge in [0.1, 0.15) is 5.69 Å². The number of benzene rings is 1. The Morgan fingerprint density at radius 2 is 2.30 bits per heavy atom. The zero-order valence-corrected chi connectivity index (χ0v) is 6.51. The summed E-state index contributed by atoms with van der Waals surface area (Å²) in [5.74, 6) is 0.711. The number of halogens is 1. The smallest absolute Gasteiger partial charge is 0.193 e. The van der Waals surface area contributed by atoms with E-state index in [1.54, 1.807) is 0 Å². The van der Waals surface area contributed by atoms with Crippen molar-refractivity contribution in [2.24, 2.45) is 0 Å². The van der Waals surface area contributed by atoms with E-state index in [9.17, 15) is 0 Å². The molecule has 0 saturated heterocycles. The van der Waals surface area contributed by atoms with Gasteiger partial charge >= 0.3 is 0 Å². The average molecular weight is 202 g/mol. The Morgan fingerprint density at radius 1 is 1.40 bits per heavy atom. The topological polar surface area (TPSA) is 30.5 Å². The van der Waals surface area contributed by atoms with Gasteiger partial charge < -0.3 is 4.89 Å². The van der Waals surface area contributed by atoms with Crippen LogP contribution >= 0.6 is 15.9 Å². The van der Waals surface area contributed by atoms with E-state index in [2.05, 4.69) is 26.4 Å². The van der Waals surface area contributed by atoms with E-state index < -0.39 is 0 Å². The second-order valence-corrected chi connectivity index (χ2v) is 2.82. The Labute approximate surface area is 66.0 Å². The number of hydrogen-bond acceptors (Lipinski definition) is 3. The number of rotatable bonds is 0. The van der Waals surface area contributed by atoms with Gasteiger partial charge in [-0.15, -0.1) is 0 Å². The zero-order chi connectivity index (χ0) is 6.97. The summed E-state index contributed by atoms with van der Waals surface area (Å²) in [5, 5.41) is 0.